The number of esters is 1. The molecule has 0 unspecified atom stereocenters. The van der Waals surface area contributed by atoms with Crippen molar-refractivity contribution >= 4 is 17.3 Å². The molecule has 2 N–H and O–H groups in total. The molecule has 0 atom stereocenters. The lowest BCUT2D eigenvalue weighted by atomic mass is 10.1. The summed E-state index contributed by atoms with van der Waals surface area (Å²) in [6.07, 6.45) is 5.51. The van der Waals surface area contributed by atoms with Crippen molar-refractivity contribution in [3.63, 3.8) is 0 Å². The number of ether oxygens (including phenoxy) is 1. The first-order valence-corrected chi connectivity index (χ1v) is 7.09. The molecule has 0 aliphatic rings. The van der Waals surface area contributed by atoms with Crippen LogP contribution in [0.3, 0.4) is 0 Å². The zero-order chi connectivity index (χ0) is 12.3. The molecule has 1 aromatic rings. The second-order valence-electron chi connectivity index (χ2n) is 4.00. The second kappa shape index (κ2) is 9.19. The molecule has 1 heterocycles. The smallest absolute Gasteiger partial charge is 0.305 e. The maximum absolute atomic E-state index is 11.4. The molecule has 0 bridgehead atoms. The van der Waals surface area contributed by atoms with E-state index in [1.807, 2.05) is 11.4 Å². The summed E-state index contributed by atoms with van der Waals surface area (Å²) < 4.78 is 5.16. The lowest BCUT2D eigenvalue weighted by molar-refractivity contribution is -0.143. The van der Waals surface area contributed by atoms with Gasteiger partial charge in [-0.05, 0) is 30.8 Å². The summed E-state index contributed by atoms with van der Waals surface area (Å²) in [4.78, 5) is 12.6. The number of unbranched alkanes of at least 4 members (excludes halogenated alkanes) is 3. The average Bonchev–Trinajstić information content (AvgIpc) is 2.82. The van der Waals surface area contributed by atoms with Crippen LogP contribution in [0.25, 0.3) is 0 Å². The molecule has 0 aliphatic carbocycles. The van der Waals surface area contributed by atoms with Crippen molar-refractivity contribution in [1.82, 2.24) is 0 Å². The summed E-state index contributed by atoms with van der Waals surface area (Å²) in [6.45, 7) is 1.24. The fourth-order valence-electron chi connectivity index (χ4n) is 1.56. The van der Waals surface area contributed by atoms with Crippen LogP contribution in [0, 0.1) is 0 Å². The molecule has 0 saturated carbocycles. The number of rotatable bonds is 9. The third kappa shape index (κ3) is 7.13. The minimum atomic E-state index is -0.0747. The second-order valence-corrected chi connectivity index (χ2v) is 5.03. The van der Waals surface area contributed by atoms with Crippen molar-refractivity contribution in [3.05, 3.63) is 22.4 Å². The Morgan fingerprint density at radius 3 is 2.82 bits per heavy atom. The van der Waals surface area contributed by atoms with Gasteiger partial charge in [0.15, 0.2) is 0 Å². The zero-order valence-electron chi connectivity index (χ0n) is 10.2. The average molecular weight is 255 g/mol. The third-order valence-corrected chi connectivity index (χ3v) is 3.46. The lowest BCUT2D eigenvalue weighted by Crippen LogP contribution is -2.07. The van der Waals surface area contributed by atoms with E-state index in [4.69, 9.17) is 10.5 Å². The monoisotopic (exact) mass is 255 g/mol. The van der Waals surface area contributed by atoms with E-state index in [0.717, 1.165) is 38.6 Å². The van der Waals surface area contributed by atoms with Gasteiger partial charge in [-0.1, -0.05) is 18.9 Å². The van der Waals surface area contributed by atoms with Crippen LogP contribution >= 0.6 is 11.3 Å². The third-order valence-electron chi connectivity index (χ3n) is 2.53. The van der Waals surface area contributed by atoms with E-state index in [1.54, 1.807) is 11.3 Å². The van der Waals surface area contributed by atoms with Crippen LogP contribution in [0.4, 0.5) is 0 Å². The number of carbonyl (C=O) groups is 1. The van der Waals surface area contributed by atoms with Crippen molar-refractivity contribution in [2.24, 2.45) is 5.73 Å². The standard InChI is InChI=1S/C13H21NO2S/c14-9-4-2-1-3-7-13(15)16-10-8-12-6-5-11-17-12/h5-6,11H,1-4,7-10,14H2. The molecule has 0 spiro atoms. The van der Waals surface area contributed by atoms with Gasteiger partial charge in [-0.3, -0.25) is 4.79 Å². The molecule has 96 valence electrons. The Kier molecular flexibility index (Phi) is 7.67. The summed E-state index contributed by atoms with van der Waals surface area (Å²) >= 11 is 1.70. The lowest BCUT2D eigenvalue weighted by Gasteiger charge is -2.03. The molecule has 0 radical (unpaired) electrons. The van der Waals surface area contributed by atoms with Crippen LogP contribution in [0.2, 0.25) is 0 Å². The van der Waals surface area contributed by atoms with Gasteiger partial charge in [0, 0.05) is 17.7 Å². The molecule has 1 rings (SSSR count). The van der Waals surface area contributed by atoms with E-state index in [2.05, 4.69) is 6.07 Å². The van der Waals surface area contributed by atoms with Gasteiger partial charge in [0.25, 0.3) is 0 Å². The summed E-state index contributed by atoms with van der Waals surface area (Å²) in [5.74, 6) is -0.0747. The van der Waals surface area contributed by atoms with Crippen molar-refractivity contribution in [2.45, 2.75) is 38.5 Å². The number of hydrogen-bond acceptors (Lipinski definition) is 4. The minimum absolute atomic E-state index is 0.0747. The van der Waals surface area contributed by atoms with Gasteiger partial charge in [-0.25, -0.2) is 0 Å². The molecule has 4 heteroatoms. The van der Waals surface area contributed by atoms with Gasteiger partial charge >= 0.3 is 5.97 Å². The summed E-state index contributed by atoms with van der Waals surface area (Å²) in [5.41, 5.74) is 5.39. The van der Waals surface area contributed by atoms with Crippen molar-refractivity contribution in [2.75, 3.05) is 13.2 Å². The first kappa shape index (κ1) is 14.2. The zero-order valence-corrected chi connectivity index (χ0v) is 11.0. The van der Waals surface area contributed by atoms with Gasteiger partial charge < -0.3 is 10.5 Å². The number of nitrogens with two attached hydrogens (primary N) is 1. The predicted molar refractivity (Wildman–Crippen MR) is 71.1 cm³/mol. The maximum atomic E-state index is 11.4. The van der Waals surface area contributed by atoms with Crippen LogP contribution in [-0.2, 0) is 16.0 Å². The van der Waals surface area contributed by atoms with Gasteiger partial charge in [0.2, 0.25) is 0 Å². The highest BCUT2D eigenvalue weighted by Gasteiger charge is 2.02. The first-order chi connectivity index (χ1) is 8.33. The summed E-state index contributed by atoms with van der Waals surface area (Å²) in [7, 11) is 0. The summed E-state index contributed by atoms with van der Waals surface area (Å²) in [5, 5.41) is 2.04. The maximum Gasteiger partial charge on any atom is 0.305 e. The number of hydrogen-bond donors (Lipinski definition) is 1. The highest BCUT2D eigenvalue weighted by molar-refractivity contribution is 7.09. The Morgan fingerprint density at radius 2 is 2.12 bits per heavy atom. The van der Waals surface area contributed by atoms with E-state index in [1.165, 1.54) is 4.88 Å². The molecule has 17 heavy (non-hydrogen) atoms. The van der Waals surface area contributed by atoms with Crippen molar-refractivity contribution in [3.8, 4) is 0 Å². The Balaban J connectivity index is 1.94. The molecule has 0 aromatic carbocycles. The highest BCUT2D eigenvalue weighted by Crippen LogP contribution is 2.09. The molecular formula is C13H21NO2S. The fraction of sp³-hybridized carbons (Fsp3) is 0.615. The largest absolute Gasteiger partial charge is 0.465 e. The van der Waals surface area contributed by atoms with E-state index in [0.29, 0.717) is 13.0 Å². The van der Waals surface area contributed by atoms with E-state index in [-0.39, 0.29) is 5.97 Å². The molecule has 3 nitrogen and oxygen atoms in total. The summed E-state index contributed by atoms with van der Waals surface area (Å²) in [6, 6.07) is 4.07. The number of thiophene rings is 1. The Labute approximate surface area is 107 Å². The first-order valence-electron chi connectivity index (χ1n) is 6.21. The Hall–Kier alpha value is -0.870. The van der Waals surface area contributed by atoms with Gasteiger partial charge in [-0.2, -0.15) is 0 Å². The van der Waals surface area contributed by atoms with Gasteiger partial charge in [0.05, 0.1) is 6.61 Å². The van der Waals surface area contributed by atoms with Crippen molar-refractivity contribution < 1.29 is 9.53 Å². The van der Waals surface area contributed by atoms with Crippen LogP contribution in [0.15, 0.2) is 17.5 Å². The van der Waals surface area contributed by atoms with E-state index < -0.39 is 0 Å². The Morgan fingerprint density at radius 1 is 1.29 bits per heavy atom. The Bertz CT molecular complexity index is 298. The normalized spacial score (nSPS) is 10.4. The van der Waals surface area contributed by atoms with Crippen LogP contribution < -0.4 is 5.73 Å². The van der Waals surface area contributed by atoms with E-state index >= 15 is 0 Å². The van der Waals surface area contributed by atoms with Gasteiger partial charge in [-0.15, -0.1) is 11.3 Å². The molecule has 0 amide bonds. The molecule has 0 fully saturated rings. The SMILES string of the molecule is NCCCCCCC(=O)OCCc1cccs1. The molecule has 1 aromatic heterocycles. The number of carbonyl (C=O) groups excluding carboxylic acids is 1. The topological polar surface area (TPSA) is 52.3 Å². The fourth-order valence-corrected chi connectivity index (χ4v) is 2.25. The quantitative estimate of drug-likeness (QED) is 0.545. The minimum Gasteiger partial charge on any atom is -0.465 e. The van der Waals surface area contributed by atoms with Gasteiger partial charge in [0.1, 0.15) is 0 Å². The van der Waals surface area contributed by atoms with Crippen LogP contribution in [0.5, 0.6) is 0 Å². The van der Waals surface area contributed by atoms with Crippen LogP contribution in [-0.4, -0.2) is 19.1 Å². The van der Waals surface area contributed by atoms with Crippen LogP contribution in [0.1, 0.15) is 37.0 Å². The predicted octanol–water partition coefficient (Wildman–Crippen LogP) is 2.74. The molecular weight excluding hydrogens is 234 g/mol. The van der Waals surface area contributed by atoms with E-state index in [9.17, 15) is 4.79 Å². The highest BCUT2D eigenvalue weighted by atomic mass is 32.1. The molecule has 0 saturated heterocycles. The van der Waals surface area contributed by atoms with Crippen molar-refractivity contribution in [1.29, 1.82) is 0 Å². The molecule has 0 aliphatic heterocycles.